The third-order valence-corrected chi connectivity index (χ3v) is 7.02. The molecule has 0 unspecified atom stereocenters. The third kappa shape index (κ3) is 6.37. The molecule has 0 spiro atoms. The molecule has 0 fully saturated rings. The van der Waals surface area contributed by atoms with E-state index in [1.165, 1.54) is 36.4 Å². The number of nitro benzene ring substituents is 1. The maximum absolute atomic E-state index is 12.6. The highest BCUT2D eigenvalue weighted by molar-refractivity contribution is 9.10. The number of carbonyl (C=O) groups is 1. The van der Waals surface area contributed by atoms with E-state index in [-0.39, 0.29) is 31.5 Å². The second kappa shape index (κ2) is 10.9. The van der Waals surface area contributed by atoms with Crippen molar-refractivity contribution in [1.82, 2.24) is 0 Å². The molecule has 13 heteroatoms. The lowest BCUT2D eigenvalue weighted by Crippen LogP contribution is -2.13. The quantitative estimate of drug-likeness (QED) is 0.116. The number of nitrogens with zero attached hydrogens (tertiary/aromatic N) is 2. The molecule has 0 bridgehead atoms. The van der Waals surface area contributed by atoms with Gasteiger partial charge >= 0.3 is 10.1 Å². The molecule has 35 heavy (non-hydrogen) atoms. The third-order valence-electron chi connectivity index (χ3n) is 4.35. The maximum Gasteiger partial charge on any atom is 0.339 e. The molecule has 1 amide bonds. The zero-order valence-electron chi connectivity index (χ0n) is 17.2. The van der Waals surface area contributed by atoms with Crippen LogP contribution in [0.3, 0.4) is 0 Å². The lowest BCUT2D eigenvalue weighted by atomic mass is 10.1. The number of non-ortho nitro benzene ring substituents is 1. The van der Waals surface area contributed by atoms with Crippen molar-refractivity contribution < 1.29 is 22.3 Å². The topological polar surface area (TPSA) is 139 Å². The summed E-state index contributed by atoms with van der Waals surface area (Å²) in [6, 6.07) is 15.0. The van der Waals surface area contributed by atoms with Crippen LogP contribution in [-0.2, 0) is 14.9 Å². The molecule has 178 valence electrons. The summed E-state index contributed by atoms with van der Waals surface area (Å²) in [7, 11) is -4.38. The Labute approximate surface area is 217 Å². The molecular weight excluding hydrogens is 585 g/mol. The van der Waals surface area contributed by atoms with Gasteiger partial charge in [-0.3, -0.25) is 14.9 Å². The first kappa shape index (κ1) is 26.2. The van der Waals surface area contributed by atoms with Gasteiger partial charge < -0.3 is 9.50 Å². The Morgan fingerprint density at radius 1 is 1.14 bits per heavy atom. The van der Waals surface area contributed by atoms with E-state index in [9.17, 15) is 28.6 Å². The van der Waals surface area contributed by atoms with Gasteiger partial charge in [-0.15, -0.1) is 0 Å². The Hall–Kier alpha value is -3.43. The van der Waals surface area contributed by atoms with Crippen LogP contribution in [-0.4, -0.2) is 19.2 Å². The summed E-state index contributed by atoms with van der Waals surface area (Å²) >= 11 is 15.2. The molecule has 3 rings (SSSR count). The Kier molecular flexibility index (Phi) is 8.14. The zero-order valence-corrected chi connectivity index (χ0v) is 21.2. The molecule has 0 aliphatic rings. The first-order valence-corrected chi connectivity index (χ1v) is 12.3. The van der Waals surface area contributed by atoms with E-state index in [4.69, 9.17) is 27.4 Å². The molecule has 9 nitrogen and oxygen atoms in total. The number of amides is 1. The fourth-order valence-electron chi connectivity index (χ4n) is 2.70. The second-order valence-corrected chi connectivity index (χ2v) is 9.89. The van der Waals surface area contributed by atoms with E-state index in [1.54, 1.807) is 18.2 Å². The zero-order chi connectivity index (χ0) is 25.8. The molecule has 0 aliphatic carbocycles. The molecule has 3 aromatic carbocycles. The van der Waals surface area contributed by atoms with E-state index in [0.29, 0.717) is 5.56 Å². The Balaban J connectivity index is 1.83. The highest BCUT2D eigenvalue weighted by atomic mass is 79.9. The normalized spacial score (nSPS) is 11.4. The maximum atomic E-state index is 12.6. The van der Waals surface area contributed by atoms with Crippen molar-refractivity contribution in [3.8, 4) is 11.8 Å². The molecule has 0 aromatic heterocycles. The number of benzene rings is 3. The molecule has 3 aromatic rings. The fourth-order valence-corrected chi connectivity index (χ4v) is 4.62. The Morgan fingerprint density at radius 2 is 1.86 bits per heavy atom. The standard InChI is InChI=1S/C22H12BrCl2N3O6S/c23-17-10-13(9-14(12-26)22(29)27-19-6-2-5-18(24)21(19)25)7-8-20(17)34-35(32,33)16-4-1-3-15(11-16)28(30)31/h1-11H,(H,27,29)/b14-9+. The van der Waals surface area contributed by atoms with Crippen molar-refractivity contribution in [2.75, 3.05) is 5.32 Å². The van der Waals surface area contributed by atoms with Crippen molar-refractivity contribution >= 4 is 72.6 Å². The van der Waals surface area contributed by atoms with E-state index in [1.807, 2.05) is 0 Å². The highest BCUT2D eigenvalue weighted by Gasteiger charge is 2.21. The average molecular weight is 597 g/mol. The fraction of sp³-hybridized carbons (Fsp3) is 0. The highest BCUT2D eigenvalue weighted by Crippen LogP contribution is 2.31. The van der Waals surface area contributed by atoms with Crippen LogP contribution in [0.15, 0.2) is 75.6 Å². The number of anilines is 1. The summed E-state index contributed by atoms with van der Waals surface area (Å²) in [5.41, 5.74) is -0.0658. The summed E-state index contributed by atoms with van der Waals surface area (Å²) in [6.45, 7) is 0. The van der Waals surface area contributed by atoms with Crippen LogP contribution in [0, 0.1) is 21.4 Å². The number of rotatable bonds is 7. The number of nitrogens with one attached hydrogen (secondary N) is 1. The second-order valence-electron chi connectivity index (χ2n) is 6.71. The smallest absolute Gasteiger partial charge is 0.339 e. The first-order valence-electron chi connectivity index (χ1n) is 9.37. The van der Waals surface area contributed by atoms with Crippen LogP contribution in [0.25, 0.3) is 6.08 Å². The number of halogens is 3. The molecule has 0 atom stereocenters. The summed E-state index contributed by atoms with van der Waals surface area (Å²) in [5, 5.41) is 23.2. The van der Waals surface area contributed by atoms with E-state index in [0.717, 1.165) is 18.2 Å². The van der Waals surface area contributed by atoms with Crippen LogP contribution in [0.1, 0.15) is 5.56 Å². The van der Waals surface area contributed by atoms with Crippen molar-refractivity contribution in [2.45, 2.75) is 4.90 Å². The van der Waals surface area contributed by atoms with Gasteiger partial charge in [-0.05, 0) is 57.9 Å². The van der Waals surface area contributed by atoms with Crippen molar-refractivity contribution in [1.29, 1.82) is 5.26 Å². The molecule has 0 heterocycles. The van der Waals surface area contributed by atoms with E-state index >= 15 is 0 Å². The lowest BCUT2D eigenvalue weighted by Gasteiger charge is -2.10. The van der Waals surface area contributed by atoms with Crippen molar-refractivity contribution in [3.63, 3.8) is 0 Å². The minimum Gasteiger partial charge on any atom is -0.378 e. The summed E-state index contributed by atoms with van der Waals surface area (Å²) < 4.78 is 30.4. The van der Waals surface area contributed by atoms with Crippen molar-refractivity contribution in [3.05, 3.63) is 96.4 Å². The molecule has 0 saturated heterocycles. The minimum absolute atomic E-state index is 0.109. The van der Waals surface area contributed by atoms with Gasteiger partial charge in [0.15, 0.2) is 5.75 Å². The predicted octanol–water partition coefficient (Wildman–Crippen LogP) is 5.98. The largest absolute Gasteiger partial charge is 0.378 e. The van der Waals surface area contributed by atoms with E-state index in [2.05, 4.69) is 21.2 Å². The van der Waals surface area contributed by atoms with Gasteiger partial charge in [0.05, 0.1) is 25.1 Å². The number of nitro groups is 1. The predicted molar refractivity (Wildman–Crippen MR) is 134 cm³/mol. The van der Waals surface area contributed by atoms with Gasteiger partial charge in [-0.1, -0.05) is 41.4 Å². The van der Waals surface area contributed by atoms with Crippen LogP contribution < -0.4 is 9.50 Å². The number of hydrogen-bond acceptors (Lipinski definition) is 7. The van der Waals surface area contributed by atoms with Crippen LogP contribution in [0.2, 0.25) is 10.0 Å². The monoisotopic (exact) mass is 595 g/mol. The summed E-state index contributed by atoms with van der Waals surface area (Å²) in [5.74, 6) is -0.844. The lowest BCUT2D eigenvalue weighted by molar-refractivity contribution is -0.385. The SMILES string of the molecule is N#C/C(=C\c1ccc(OS(=O)(=O)c2cccc([N+](=O)[O-])c2)c(Br)c1)C(=O)Nc1cccc(Cl)c1Cl. The molecule has 0 radical (unpaired) electrons. The van der Waals surface area contributed by atoms with Crippen LogP contribution in [0.5, 0.6) is 5.75 Å². The molecule has 1 N–H and O–H groups in total. The summed E-state index contributed by atoms with van der Waals surface area (Å²) in [4.78, 5) is 22.3. The molecule has 0 saturated carbocycles. The van der Waals surface area contributed by atoms with Gasteiger partial charge in [0, 0.05) is 12.1 Å². The Bertz CT molecular complexity index is 1520. The van der Waals surface area contributed by atoms with Gasteiger partial charge in [-0.2, -0.15) is 13.7 Å². The van der Waals surface area contributed by atoms with Gasteiger partial charge in [0.1, 0.15) is 16.5 Å². The number of nitriles is 1. The average Bonchev–Trinajstić information content (AvgIpc) is 2.82. The minimum atomic E-state index is -4.38. The first-order chi connectivity index (χ1) is 16.5. The number of hydrogen-bond donors (Lipinski definition) is 1. The van der Waals surface area contributed by atoms with Gasteiger partial charge in [-0.25, -0.2) is 0 Å². The van der Waals surface area contributed by atoms with E-state index < -0.39 is 31.5 Å². The number of carbonyl (C=O) groups excluding carboxylic acids is 1. The van der Waals surface area contributed by atoms with Gasteiger partial charge in [0.25, 0.3) is 11.6 Å². The van der Waals surface area contributed by atoms with Crippen LogP contribution >= 0.6 is 39.1 Å². The van der Waals surface area contributed by atoms with Crippen molar-refractivity contribution in [2.24, 2.45) is 0 Å². The van der Waals surface area contributed by atoms with Gasteiger partial charge in [0.2, 0.25) is 0 Å². The summed E-state index contributed by atoms with van der Waals surface area (Å²) in [6.07, 6.45) is 1.28. The molecular formula is C22H12BrCl2N3O6S. The molecule has 0 aliphatic heterocycles. The van der Waals surface area contributed by atoms with Crippen LogP contribution in [0.4, 0.5) is 11.4 Å². The Morgan fingerprint density at radius 3 is 2.51 bits per heavy atom.